The molecule has 2 nitrogen and oxygen atoms in total. The van der Waals surface area contributed by atoms with Crippen molar-refractivity contribution in [2.75, 3.05) is 0 Å². The summed E-state index contributed by atoms with van der Waals surface area (Å²) in [7, 11) is 0. The summed E-state index contributed by atoms with van der Waals surface area (Å²) in [5, 5.41) is 8.71. The Morgan fingerprint density at radius 3 is 2.50 bits per heavy atom. The predicted octanol–water partition coefficient (Wildman–Crippen LogP) is 2.78. The zero-order valence-electron chi connectivity index (χ0n) is 7.84. The number of nitrogens with zero attached hydrogens (tertiary/aromatic N) is 1. The van der Waals surface area contributed by atoms with E-state index in [1.165, 1.54) is 6.07 Å². The summed E-state index contributed by atoms with van der Waals surface area (Å²) in [6.07, 6.45) is 0. The van der Waals surface area contributed by atoms with Gasteiger partial charge in [0.15, 0.2) is 0 Å². The van der Waals surface area contributed by atoms with Crippen molar-refractivity contribution < 1.29 is 13.5 Å². The second-order valence-electron chi connectivity index (χ2n) is 2.93. The van der Waals surface area contributed by atoms with Crippen LogP contribution in [0.5, 0.6) is 5.75 Å². The van der Waals surface area contributed by atoms with E-state index < -0.39 is 6.61 Å². The second kappa shape index (κ2) is 4.05. The summed E-state index contributed by atoms with van der Waals surface area (Å²) in [4.78, 5) is 0. The fraction of sp³-hybridized carbons (Fsp3) is 0.300. The first-order chi connectivity index (χ1) is 6.54. The van der Waals surface area contributed by atoms with Gasteiger partial charge in [-0.3, -0.25) is 0 Å². The van der Waals surface area contributed by atoms with Crippen molar-refractivity contribution in [3.8, 4) is 11.8 Å². The van der Waals surface area contributed by atoms with E-state index in [-0.39, 0.29) is 5.75 Å². The molecule has 0 N–H and O–H groups in total. The van der Waals surface area contributed by atoms with E-state index in [2.05, 4.69) is 4.74 Å². The highest BCUT2D eigenvalue weighted by Gasteiger charge is 2.10. The fourth-order valence-corrected chi connectivity index (χ4v) is 1.16. The van der Waals surface area contributed by atoms with E-state index >= 15 is 0 Å². The molecule has 74 valence electrons. The van der Waals surface area contributed by atoms with Gasteiger partial charge in [0.25, 0.3) is 0 Å². The number of ether oxygens (including phenoxy) is 1. The lowest BCUT2D eigenvalue weighted by Crippen LogP contribution is -2.04. The first-order valence-corrected chi connectivity index (χ1v) is 4.00. The van der Waals surface area contributed by atoms with Crippen LogP contribution < -0.4 is 4.74 Å². The van der Waals surface area contributed by atoms with Gasteiger partial charge in [-0.05, 0) is 31.5 Å². The molecule has 0 saturated heterocycles. The van der Waals surface area contributed by atoms with Gasteiger partial charge in [0.05, 0.1) is 11.6 Å². The highest BCUT2D eigenvalue weighted by molar-refractivity contribution is 5.48. The average molecular weight is 197 g/mol. The Bertz CT molecular complexity index is 382. The minimum Gasteiger partial charge on any atom is -0.435 e. The second-order valence-corrected chi connectivity index (χ2v) is 2.93. The van der Waals surface area contributed by atoms with Gasteiger partial charge in [0.1, 0.15) is 5.75 Å². The lowest BCUT2D eigenvalue weighted by atomic mass is 10.1. The van der Waals surface area contributed by atoms with Gasteiger partial charge in [-0.1, -0.05) is 0 Å². The highest BCUT2D eigenvalue weighted by atomic mass is 19.3. The normalized spacial score (nSPS) is 10.0. The number of benzene rings is 1. The monoisotopic (exact) mass is 197 g/mol. The summed E-state index contributed by atoms with van der Waals surface area (Å²) in [5.41, 5.74) is 1.53. The molecule has 0 aliphatic carbocycles. The van der Waals surface area contributed by atoms with Gasteiger partial charge in [-0.2, -0.15) is 14.0 Å². The zero-order valence-corrected chi connectivity index (χ0v) is 7.84. The van der Waals surface area contributed by atoms with Gasteiger partial charge in [-0.15, -0.1) is 0 Å². The molecule has 14 heavy (non-hydrogen) atoms. The maximum absolute atomic E-state index is 12.0. The number of alkyl halides is 2. The van der Waals surface area contributed by atoms with Crippen LogP contribution >= 0.6 is 0 Å². The van der Waals surface area contributed by atoms with E-state index in [4.69, 9.17) is 5.26 Å². The largest absolute Gasteiger partial charge is 0.435 e. The Morgan fingerprint density at radius 1 is 1.36 bits per heavy atom. The number of halogens is 2. The van der Waals surface area contributed by atoms with E-state index in [0.29, 0.717) is 11.1 Å². The minimum absolute atomic E-state index is 0.0663. The molecule has 0 radical (unpaired) electrons. The van der Waals surface area contributed by atoms with E-state index in [1.54, 1.807) is 19.9 Å². The first kappa shape index (κ1) is 10.5. The third-order valence-electron chi connectivity index (χ3n) is 1.84. The Morgan fingerprint density at radius 2 is 2.00 bits per heavy atom. The molecule has 1 aromatic rings. The molecule has 0 aliphatic rings. The summed E-state index contributed by atoms with van der Waals surface area (Å²) in [6, 6.07) is 5.05. The van der Waals surface area contributed by atoms with Crippen LogP contribution in [0.15, 0.2) is 12.1 Å². The van der Waals surface area contributed by atoms with Gasteiger partial charge in [0, 0.05) is 5.56 Å². The maximum Gasteiger partial charge on any atom is 0.387 e. The van der Waals surface area contributed by atoms with Crippen molar-refractivity contribution in [1.29, 1.82) is 5.26 Å². The van der Waals surface area contributed by atoms with Gasteiger partial charge < -0.3 is 4.74 Å². The third kappa shape index (κ3) is 2.19. The van der Waals surface area contributed by atoms with Crippen molar-refractivity contribution in [3.05, 3.63) is 28.8 Å². The smallest absolute Gasteiger partial charge is 0.387 e. The van der Waals surface area contributed by atoms with Crippen LogP contribution in [0.25, 0.3) is 0 Å². The van der Waals surface area contributed by atoms with Crippen LogP contribution in [0.3, 0.4) is 0 Å². The Kier molecular flexibility index (Phi) is 3.03. The van der Waals surface area contributed by atoms with E-state index in [1.807, 2.05) is 6.07 Å². The topological polar surface area (TPSA) is 33.0 Å². The van der Waals surface area contributed by atoms with Crippen molar-refractivity contribution in [2.24, 2.45) is 0 Å². The van der Waals surface area contributed by atoms with Crippen LogP contribution in [0.4, 0.5) is 8.78 Å². The Hall–Kier alpha value is -1.63. The first-order valence-electron chi connectivity index (χ1n) is 4.00. The number of hydrogen-bond acceptors (Lipinski definition) is 2. The zero-order chi connectivity index (χ0) is 10.7. The van der Waals surface area contributed by atoms with Crippen LogP contribution in [-0.4, -0.2) is 6.61 Å². The molecule has 0 unspecified atom stereocenters. The number of aryl methyl sites for hydroxylation is 1. The highest BCUT2D eigenvalue weighted by Crippen LogP contribution is 2.24. The van der Waals surface area contributed by atoms with Crippen LogP contribution in [0.2, 0.25) is 0 Å². The molecule has 0 aromatic heterocycles. The van der Waals surface area contributed by atoms with Crippen LogP contribution in [-0.2, 0) is 0 Å². The molecule has 0 saturated carbocycles. The van der Waals surface area contributed by atoms with Crippen molar-refractivity contribution in [2.45, 2.75) is 20.5 Å². The number of rotatable bonds is 2. The Labute approximate surface area is 80.7 Å². The molecule has 0 aliphatic heterocycles. The number of hydrogen-bond donors (Lipinski definition) is 0. The standard InChI is InChI=1S/C10H9F2NO/c1-6-3-8(5-13)7(2)9(4-6)14-10(11)12/h3-4,10H,1-2H3. The summed E-state index contributed by atoms with van der Waals surface area (Å²) < 4.78 is 28.2. The molecular weight excluding hydrogens is 188 g/mol. The molecule has 0 heterocycles. The summed E-state index contributed by atoms with van der Waals surface area (Å²) in [6.45, 7) is 0.441. The molecule has 0 fully saturated rings. The van der Waals surface area contributed by atoms with Crippen LogP contribution in [0.1, 0.15) is 16.7 Å². The summed E-state index contributed by atoms with van der Waals surface area (Å²) >= 11 is 0. The quantitative estimate of drug-likeness (QED) is 0.730. The predicted molar refractivity (Wildman–Crippen MR) is 47.3 cm³/mol. The van der Waals surface area contributed by atoms with Crippen LogP contribution in [0, 0.1) is 25.2 Å². The third-order valence-corrected chi connectivity index (χ3v) is 1.84. The molecule has 1 aromatic carbocycles. The molecule has 0 bridgehead atoms. The maximum atomic E-state index is 12.0. The number of nitriles is 1. The average Bonchev–Trinajstić information content (AvgIpc) is 2.09. The van der Waals surface area contributed by atoms with Crippen molar-refractivity contribution in [1.82, 2.24) is 0 Å². The van der Waals surface area contributed by atoms with Gasteiger partial charge in [0.2, 0.25) is 0 Å². The Balaban J connectivity index is 3.17. The van der Waals surface area contributed by atoms with E-state index in [0.717, 1.165) is 5.56 Å². The van der Waals surface area contributed by atoms with Gasteiger partial charge in [-0.25, -0.2) is 0 Å². The SMILES string of the molecule is Cc1cc(C#N)c(C)c(OC(F)F)c1. The molecule has 1 rings (SSSR count). The molecule has 4 heteroatoms. The van der Waals surface area contributed by atoms with Crippen molar-refractivity contribution >= 4 is 0 Å². The van der Waals surface area contributed by atoms with Gasteiger partial charge >= 0.3 is 6.61 Å². The molecule has 0 amide bonds. The minimum atomic E-state index is -2.86. The fourth-order valence-electron chi connectivity index (χ4n) is 1.16. The van der Waals surface area contributed by atoms with E-state index in [9.17, 15) is 8.78 Å². The molecule has 0 atom stereocenters. The summed E-state index contributed by atoms with van der Waals surface area (Å²) in [5.74, 6) is 0.0663. The molecule has 0 spiro atoms. The van der Waals surface area contributed by atoms with Crippen molar-refractivity contribution in [3.63, 3.8) is 0 Å². The lowest BCUT2D eigenvalue weighted by Gasteiger charge is -2.09. The molecular formula is C10H9F2NO. The lowest BCUT2D eigenvalue weighted by molar-refractivity contribution is -0.0503.